The molecule has 8 rings (SSSR count). The third-order valence-corrected chi connectivity index (χ3v) is 18.5. The van der Waals surface area contributed by atoms with Crippen LogP contribution in [-0.2, 0) is 48.4 Å². The number of hydrogen-bond acceptors (Lipinski definition) is 18. The number of anilines is 1. The van der Waals surface area contributed by atoms with E-state index in [1.807, 2.05) is 0 Å². The molecule has 4 aliphatic rings. The number of nitrogens with zero attached hydrogens (tertiary/aromatic N) is 4. The van der Waals surface area contributed by atoms with Gasteiger partial charge in [-0.3, -0.25) is 28.8 Å². The fourth-order valence-electron chi connectivity index (χ4n) is 11.7. The molecule has 0 bridgehead atoms. The molecule has 2 aromatic heterocycles. The Kier molecular flexibility index (Phi) is 16.6. The molecule has 4 aromatic rings. The van der Waals surface area contributed by atoms with Gasteiger partial charge in [0, 0.05) is 70.7 Å². The van der Waals surface area contributed by atoms with Gasteiger partial charge in [-0.2, -0.15) is 0 Å². The fourth-order valence-corrected chi connectivity index (χ4v) is 13.4. The van der Waals surface area contributed by atoms with Crippen molar-refractivity contribution >= 4 is 77.6 Å². The number of alkyl halides is 3. The monoisotopic (exact) mass is 1200 g/mol. The Labute approximate surface area is 472 Å². The molecule has 4 amide bonds. The maximum absolute atomic E-state index is 17.8. The summed E-state index contributed by atoms with van der Waals surface area (Å²) >= 11 is 0.185. The van der Waals surface area contributed by atoms with Gasteiger partial charge in [0.2, 0.25) is 52.8 Å². The lowest BCUT2D eigenvalue weighted by Gasteiger charge is -2.63. The Morgan fingerprint density at radius 1 is 0.780 bits per heavy atom. The molecule has 5 N–H and O–H groups in total. The van der Waals surface area contributed by atoms with Crippen molar-refractivity contribution in [3.05, 3.63) is 102 Å². The number of esters is 1. The number of amides is 4. The number of carbonyl (C=O) groups is 7. The van der Waals surface area contributed by atoms with Crippen molar-refractivity contribution in [3.63, 3.8) is 0 Å². The van der Waals surface area contributed by atoms with Gasteiger partial charge >= 0.3 is 5.97 Å². The van der Waals surface area contributed by atoms with Crippen LogP contribution in [0.2, 0.25) is 0 Å². The highest BCUT2D eigenvalue weighted by molar-refractivity contribution is 8.13. The van der Waals surface area contributed by atoms with Crippen LogP contribution in [0.15, 0.2) is 95.3 Å². The summed E-state index contributed by atoms with van der Waals surface area (Å²) < 4.78 is 117. The van der Waals surface area contributed by atoms with Gasteiger partial charge in [-0.15, -0.1) is 0 Å². The summed E-state index contributed by atoms with van der Waals surface area (Å²) in [4.78, 5) is 110. The lowest BCUT2D eigenvalue weighted by molar-refractivity contribution is -0.219. The first-order chi connectivity index (χ1) is 38.3. The van der Waals surface area contributed by atoms with Crippen LogP contribution in [0, 0.1) is 28.5 Å². The minimum atomic E-state index is -3.77. The number of ether oxygens (including phenoxy) is 1. The van der Waals surface area contributed by atoms with Crippen molar-refractivity contribution in [1.82, 2.24) is 35.9 Å². The molecule has 0 saturated heterocycles. The van der Waals surface area contributed by atoms with Crippen LogP contribution in [-0.4, -0.2) is 143 Å². The van der Waals surface area contributed by atoms with E-state index in [0.717, 1.165) is 42.9 Å². The molecule has 28 heteroatoms. The average Bonchev–Trinajstić information content (AvgIpc) is 1.30. The van der Waals surface area contributed by atoms with Crippen molar-refractivity contribution < 1.29 is 77.8 Å². The van der Waals surface area contributed by atoms with Gasteiger partial charge in [0.25, 0.3) is 5.91 Å². The van der Waals surface area contributed by atoms with Crippen LogP contribution < -0.4 is 21.3 Å². The number of fused-ring (bicyclic) bond motifs is 5. The molecule has 3 saturated carbocycles. The summed E-state index contributed by atoms with van der Waals surface area (Å²) in [6, 6.07) is 1.65. The van der Waals surface area contributed by atoms with E-state index in [9.17, 15) is 59.9 Å². The maximum atomic E-state index is 17.8. The molecule has 0 aliphatic heterocycles. The third-order valence-electron chi connectivity index (χ3n) is 16.0. The predicted molar refractivity (Wildman–Crippen MR) is 287 cm³/mol. The largest absolute Gasteiger partial charge is 0.446 e. The Balaban J connectivity index is 0.918. The number of sulfone groups is 2. The Morgan fingerprint density at radius 2 is 1.32 bits per heavy atom. The summed E-state index contributed by atoms with van der Waals surface area (Å²) in [7, 11) is -7.54. The van der Waals surface area contributed by atoms with Gasteiger partial charge in [0.1, 0.15) is 36.1 Å². The highest BCUT2D eigenvalue weighted by Gasteiger charge is 2.76. The minimum absolute atomic E-state index is 0.0164. The topological polar surface area (TPSA) is 317 Å². The summed E-state index contributed by atoms with van der Waals surface area (Å²) in [6.45, 7) is 6.68. The first-order valence-corrected chi connectivity index (χ1v) is 30.2. The molecule has 21 nitrogen and oxygen atoms in total. The van der Waals surface area contributed by atoms with E-state index < -0.39 is 171 Å². The number of ketones is 1. The summed E-state index contributed by atoms with van der Waals surface area (Å²) in [5.41, 5.74) is -8.18. The van der Waals surface area contributed by atoms with Crippen molar-refractivity contribution in [2.45, 2.75) is 112 Å². The average molecular weight is 1200 g/mol. The number of nitrogens with one attached hydrogen (secondary N) is 4. The number of aliphatic hydroxyl groups excluding tert-OH is 1. The molecule has 11 atom stereocenters. The van der Waals surface area contributed by atoms with Gasteiger partial charge in [-0.1, -0.05) is 13.0 Å². The second-order valence-corrected chi connectivity index (χ2v) is 26.0. The van der Waals surface area contributed by atoms with Gasteiger partial charge in [-0.25, -0.2) is 59.1 Å². The number of hydrogen-bond donors (Lipinski definition) is 5. The van der Waals surface area contributed by atoms with Crippen LogP contribution >= 0.6 is 11.8 Å². The van der Waals surface area contributed by atoms with E-state index in [1.54, 1.807) is 6.07 Å². The molecule has 82 heavy (non-hydrogen) atoms. The van der Waals surface area contributed by atoms with Crippen molar-refractivity contribution in [2.75, 3.05) is 23.8 Å². The van der Waals surface area contributed by atoms with Crippen molar-refractivity contribution in [2.24, 2.45) is 22.7 Å². The molecule has 2 heterocycles. The van der Waals surface area contributed by atoms with Gasteiger partial charge in [0.05, 0.1) is 17.4 Å². The summed E-state index contributed by atoms with van der Waals surface area (Å²) in [6.07, 6.45) is 5.08. The number of benzene rings is 2. The number of aromatic nitrogens is 4. The van der Waals surface area contributed by atoms with Gasteiger partial charge in [0.15, 0.2) is 17.1 Å². The van der Waals surface area contributed by atoms with E-state index in [-0.39, 0.29) is 46.9 Å². The minimum Gasteiger partial charge on any atom is -0.446 e. The van der Waals surface area contributed by atoms with E-state index >= 15 is 13.2 Å². The number of carbonyl (C=O) groups excluding carboxylic acids is 7. The summed E-state index contributed by atoms with van der Waals surface area (Å²) in [5, 5.41) is 19.5. The standard InChI is InChI=1S/C54H56F4N8O13S3/c1-26(63-44(70)27(2)65-46(72)32-15-30(33-21-59-49(60-22-33)81(6,75)76)14-31(16-32)34-23-61-50(62-24-34)82(7,77)78)43(69)64-28(3)45(71)66-41-17-29(8-9-39(41)56)47(73)79-53(48(74)80-25-55)13-11-36-37-19-40(57)38-18-35(67)10-12-51(38,4)54(37,58)42(68)20-52(36,53)5/h8-10,12,14-18,21-24,26-28,36-37,40,42,68H,11,13,19-20,25H2,1-7H3,(H,63,70)(H,64,69)(H,65,72)(H,66,71)/t26-,27-,28-,36-,37-,40-,42-,51-,52-,53-,54-/m0/s1. The first-order valence-electron chi connectivity index (χ1n) is 25.4. The van der Waals surface area contributed by atoms with Gasteiger partial charge < -0.3 is 31.1 Å². The van der Waals surface area contributed by atoms with Crippen molar-refractivity contribution in [1.29, 1.82) is 0 Å². The Bertz CT molecular complexity index is 3520. The number of aliphatic hydroxyl groups is 1. The normalized spacial score (nSPS) is 26.8. The molecular formula is C54H56F4N8O13S3. The molecule has 0 unspecified atom stereocenters. The molecule has 2 aromatic carbocycles. The molecular weight excluding hydrogens is 1140 g/mol. The molecule has 0 radical (unpaired) electrons. The lowest BCUT2D eigenvalue weighted by atomic mass is 9.44. The number of halogens is 4. The van der Waals surface area contributed by atoms with E-state index in [4.69, 9.17) is 4.74 Å². The number of thioether (sulfide) groups is 1. The smallest absolute Gasteiger partial charge is 0.339 e. The SMILES string of the molecule is C[C@H](NC(=O)c1cc(-c2cnc(S(C)(=O)=O)nc2)cc(-c2cnc(S(C)(=O)=O)nc2)c1)C(=O)N[C@@H](C)C(=O)N[C@@H](C)C(=O)Nc1cc(C(=O)O[C@]2(C(=O)SCF)CC[C@H]3[C@@H]4C[C@H](F)C5=CC(=O)C=C[C@]5(C)[C@@]4(F)[C@@H](O)C[C@@]32C)ccc1F. The van der Waals surface area contributed by atoms with Crippen molar-refractivity contribution in [3.8, 4) is 22.3 Å². The zero-order chi connectivity index (χ0) is 60.2. The van der Waals surface area contributed by atoms with Crippen LogP contribution in [0.25, 0.3) is 22.3 Å². The number of allylic oxidation sites excluding steroid dienone is 4. The van der Waals surface area contributed by atoms with Crippen LogP contribution in [0.4, 0.5) is 23.2 Å². The Hall–Kier alpha value is -7.30. The van der Waals surface area contributed by atoms with E-state index in [0.29, 0.717) is 11.1 Å². The lowest BCUT2D eigenvalue weighted by Crippen LogP contribution is -2.70. The van der Waals surface area contributed by atoms with Crippen LogP contribution in [0.3, 0.4) is 0 Å². The molecule has 0 spiro atoms. The Morgan fingerprint density at radius 3 is 1.85 bits per heavy atom. The quantitative estimate of drug-likeness (QED) is 0.0576. The zero-order valence-electron chi connectivity index (χ0n) is 45.0. The highest BCUT2D eigenvalue weighted by Crippen LogP contribution is 2.71. The molecule has 3 fully saturated rings. The van der Waals surface area contributed by atoms with E-state index in [1.165, 1.54) is 77.6 Å². The second-order valence-electron chi connectivity index (χ2n) is 21.3. The predicted octanol–water partition coefficient (Wildman–Crippen LogP) is 4.71. The van der Waals surface area contributed by atoms with E-state index in [2.05, 4.69) is 41.2 Å². The second kappa shape index (κ2) is 22.5. The first kappa shape index (κ1) is 60.8. The highest BCUT2D eigenvalue weighted by atomic mass is 32.2. The zero-order valence-corrected chi connectivity index (χ0v) is 47.4. The van der Waals surface area contributed by atoms with Crippen LogP contribution in [0.1, 0.15) is 81.0 Å². The third kappa shape index (κ3) is 11.2. The fraction of sp³-hybridized carbons (Fsp3) is 0.426. The maximum Gasteiger partial charge on any atom is 0.339 e. The summed E-state index contributed by atoms with van der Waals surface area (Å²) in [5.74, 6) is -8.62. The van der Waals surface area contributed by atoms with Gasteiger partial charge in [-0.05, 0) is 136 Å². The number of rotatable bonds is 16. The molecule has 4 aliphatic carbocycles. The molecule has 436 valence electrons. The van der Waals surface area contributed by atoms with Crippen LogP contribution in [0.5, 0.6) is 0 Å².